The van der Waals surface area contributed by atoms with Gasteiger partial charge in [0.25, 0.3) is 0 Å². The molecule has 2 aliphatic rings. The summed E-state index contributed by atoms with van der Waals surface area (Å²) in [4.78, 5) is 2.15. The van der Waals surface area contributed by atoms with Crippen LogP contribution in [0.5, 0.6) is 11.5 Å². The standard InChI is InChI=1S/C14H20N2O4/c17-8-10-1-2-12-14(20-6-5-19-12)13(10)16-4-3-15-11(7-16)9-18/h1-2,11,15,17-18H,3-9H2. The monoisotopic (exact) mass is 280 g/mol. The summed E-state index contributed by atoms with van der Waals surface area (Å²) in [7, 11) is 0. The zero-order valence-electron chi connectivity index (χ0n) is 11.3. The van der Waals surface area contributed by atoms with Gasteiger partial charge in [-0.15, -0.1) is 0 Å². The van der Waals surface area contributed by atoms with Gasteiger partial charge in [0.05, 0.1) is 18.9 Å². The molecule has 0 spiro atoms. The quantitative estimate of drug-likeness (QED) is 0.707. The summed E-state index contributed by atoms with van der Waals surface area (Å²) >= 11 is 0. The van der Waals surface area contributed by atoms with Crippen LogP contribution >= 0.6 is 0 Å². The van der Waals surface area contributed by atoms with Crippen molar-refractivity contribution in [2.24, 2.45) is 0 Å². The first kappa shape index (κ1) is 13.5. The van der Waals surface area contributed by atoms with E-state index < -0.39 is 0 Å². The molecule has 0 bridgehead atoms. The number of fused-ring (bicyclic) bond motifs is 1. The van der Waals surface area contributed by atoms with Crippen LogP contribution in [0.25, 0.3) is 0 Å². The van der Waals surface area contributed by atoms with Gasteiger partial charge in [-0.1, -0.05) is 6.07 Å². The molecule has 3 N–H and O–H groups in total. The molecule has 20 heavy (non-hydrogen) atoms. The molecule has 1 unspecified atom stereocenters. The largest absolute Gasteiger partial charge is 0.486 e. The fraction of sp³-hybridized carbons (Fsp3) is 0.571. The molecule has 110 valence electrons. The fourth-order valence-corrected chi connectivity index (χ4v) is 2.77. The number of nitrogens with one attached hydrogen (secondary N) is 1. The molecule has 1 atom stereocenters. The fourth-order valence-electron chi connectivity index (χ4n) is 2.77. The highest BCUT2D eigenvalue weighted by atomic mass is 16.6. The molecule has 0 radical (unpaired) electrons. The van der Waals surface area contributed by atoms with Crippen molar-refractivity contribution in [1.29, 1.82) is 0 Å². The van der Waals surface area contributed by atoms with E-state index in [0.29, 0.717) is 25.5 Å². The second-order valence-corrected chi connectivity index (χ2v) is 5.04. The first-order chi connectivity index (χ1) is 9.83. The van der Waals surface area contributed by atoms with E-state index >= 15 is 0 Å². The van der Waals surface area contributed by atoms with E-state index in [0.717, 1.165) is 30.1 Å². The van der Waals surface area contributed by atoms with Crippen LogP contribution < -0.4 is 19.7 Å². The van der Waals surface area contributed by atoms with Crippen LogP contribution in [0.4, 0.5) is 5.69 Å². The Kier molecular flexibility index (Phi) is 3.95. The van der Waals surface area contributed by atoms with Crippen molar-refractivity contribution >= 4 is 5.69 Å². The minimum atomic E-state index is -0.0420. The molecule has 1 saturated heterocycles. The molecular weight excluding hydrogens is 260 g/mol. The number of benzene rings is 1. The van der Waals surface area contributed by atoms with Gasteiger partial charge in [0, 0.05) is 31.2 Å². The van der Waals surface area contributed by atoms with Crippen molar-refractivity contribution in [3.05, 3.63) is 17.7 Å². The maximum atomic E-state index is 9.59. The Morgan fingerprint density at radius 2 is 2.10 bits per heavy atom. The third-order valence-corrected chi connectivity index (χ3v) is 3.73. The maximum absolute atomic E-state index is 9.59. The van der Waals surface area contributed by atoms with Gasteiger partial charge in [0.15, 0.2) is 11.5 Å². The number of nitrogens with zero attached hydrogens (tertiary/aromatic N) is 1. The molecule has 0 aliphatic carbocycles. The van der Waals surface area contributed by atoms with Gasteiger partial charge in [0.2, 0.25) is 0 Å². The van der Waals surface area contributed by atoms with Gasteiger partial charge >= 0.3 is 0 Å². The molecule has 0 aromatic heterocycles. The van der Waals surface area contributed by atoms with Crippen LogP contribution in [-0.4, -0.2) is 55.7 Å². The molecule has 0 saturated carbocycles. The van der Waals surface area contributed by atoms with E-state index in [2.05, 4.69) is 10.2 Å². The van der Waals surface area contributed by atoms with Crippen molar-refractivity contribution in [2.75, 3.05) is 44.4 Å². The predicted molar refractivity (Wildman–Crippen MR) is 74.4 cm³/mol. The highest BCUT2D eigenvalue weighted by Crippen LogP contribution is 2.42. The van der Waals surface area contributed by atoms with E-state index in [4.69, 9.17) is 9.47 Å². The molecule has 1 aromatic carbocycles. The molecular formula is C14H20N2O4. The second kappa shape index (κ2) is 5.87. The SMILES string of the molecule is OCc1ccc2c(c1N1CCNC(CO)C1)OCCO2. The number of hydrogen-bond acceptors (Lipinski definition) is 6. The molecule has 0 amide bonds. The molecule has 3 rings (SSSR count). The lowest BCUT2D eigenvalue weighted by Crippen LogP contribution is -2.52. The summed E-state index contributed by atoms with van der Waals surface area (Å²) in [6.07, 6.45) is 0. The lowest BCUT2D eigenvalue weighted by Gasteiger charge is -2.37. The van der Waals surface area contributed by atoms with Gasteiger partial charge in [0.1, 0.15) is 13.2 Å². The smallest absolute Gasteiger partial charge is 0.185 e. The van der Waals surface area contributed by atoms with E-state index in [9.17, 15) is 10.2 Å². The Bertz CT molecular complexity index is 480. The summed E-state index contributed by atoms with van der Waals surface area (Å²) in [5.41, 5.74) is 1.72. The minimum Gasteiger partial charge on any atom is -0.486 e. The third-order valence-electron chi connectivity index (χ3n) is 3.73. The Morgan fingerprint density at radius 3 is 2.90 bits per heavy atom. The number of anilines is 1. The summed E-state index contributed by atoms with van der Waals surface area (Å²) in [5, 5.41) is 22.2. The van der Waals surface area contributed by atoms with Crippen molar-refractivity contribution < 1.29 is 19.7 Å². The lowest BCUT2D eigenvalue weighted by molar-refractivity contribution is 0.170. The van der Waals surface area contributed by atoms with E-state index in [1.807, 2.05) is 12.1 Å². The number of aliphatic hydroxyl groups excluding tert-OH is 2. The Labute approximate surface area is 117 Å². The zero-order chi connectivity index (χ0) is 13.9. The van der Waals surface area contributed by atoms with Crippen LogP contribution in [-0.2, 0) is 6.61 Å². The third kappa shape index (κ3) is 2.42. The number of ether oxygens (including phenoxy) is 2. The number of aliphatic hydroxyl groups is 2. The first-order valence-electron chi connectivity index (χ1n) is 6.95. The number of rotatable bonds is 3. The Balaban J connectivity index is 1.97. The highest BCUT2D eigenvalue weighted by Gasteiger charge is 2.27. The normalized spacial score (nSPS) is 21.9. The number of piperazine rings is 1. The molecule has 2 aliphatic heterocycles. The van der Waals surface area contributed by atoms with Crippen LogP contribution in [0, 0.1) is 0 Å². The van der Waals surface area contributed by atoms with Crippen LogP contribution in [0.1, 0.15) is 5.56 Å². The summed E-state index contributed by atoms with van der Waals surface area (Å²) in [6, 6.07) is 3.75. The van der Waals surface area contributed by atoms with Gasteiger partial charge < -0.3 is 29.9 Å². The summed E-state index contributed by atoms with van der Waals surface area (Å²) < 4.78 is 11.4. The van der Waals surface area contributed by atoms with Crippen LogP contribution in [0.3, 0.4) is 0 Å². The first-order valence-corrected chi connectivity index (χ1v) is 6.95. The van der Waals surface area contributed by atoms with Crippen LogP contribution in [0.15, 0.2) is 12.1 Å². The van der Waals surface area contributed by atoms with E-state index in [1.54, 1.807) is 0 Å². The predicted octanol–water partition coefficient (Wildman–Crippen LogP) is -0.279. The topological polar surface area (TPSA) is 74.2 Å². The Morgan fingerprint density at radius 1 is 1.25 bits per heavy atom. The van der Waals surface area contributed by atoms with Gasteiger partial charge in [-0.2, -0.15) is 0 Å². The lowest BCUT2D eigenvalue weighted by atomic mass is 10.1. The average molecular weight is 280 g/mol. The van der Waals surface area contributed by atoms with Crippen molar-refractivity contribution in [2.45, 2.75) is 12.6 Å². The number of hydrogen-bond donors (Lipinski definition) is 3. The van der Waals surface area contributed by atoms with Gasteiger partial charge in [-0.05, 0) is 6.07 Å². The second-order valence-electron chi connectivity index (χ2n) is 5.04. The van der Waals surface area contributed by atoms with Crippen molar-refractivity contribution in [3.8, 4) is 11.5 Å². The molecule has 6 nitrogen and oxygen atoms in total. The Hall–Kier alpha value is -1.50. The summed E-state index contributed by atoms with van der Waals surface area (Å²) in [6.45, 7) is 3.40. The van der Waals surface area contributed by atoms with Crippen LogP contribution in [0.2, 0.25) is 0 Å². The maximum Gasteiger partial charge on any atom is 0.185 e. The zero-order valence-corrected chi connectivity index (χ0v) is 11.3. The molecule has 6 heteroatoms. The average Bonchev–Trinajstić information content (AvgIpc) is 2.53. The minimum absolute atomic E-state index is 0.0376. The van der Waals surface area contributed by atoms with E-state index in [1.165, 1.54) is 0 Å². The molecule has 2 heterocycles. The van der Waals surface area contributed by atoms with E-state index in [-0.39, 0.29) is 19.3 Å². The molecule has 1 fully saturated rings. The molecule has 1 aromatic rings. The summed E-state index contributed by atoms with van der Waals surface area (Å²) in [5.74, 6) is 1.43. The van der Waals surface area contributed by atoms with Crippen molar-refractivity contribution in [3.63, 3.8) is 0 Å². The van der Waals surface area contributed by atoms with Gasteiger partial charge in [-0.3, -0.25) is 0 Å². The van der Waals surface area contributed by atoms with Crippen molar-refractivity contribution in [1.82, 2.24) is 5.32 Å². The van der Waals surface area contributed by atoms with Gasteiger partial charge in [-0.25, -0.2) is 0 Å². The highest BCUT2D eigenvalue weighted by molar-refractivity contribution is 5.70.